The fraction of sp³-hybridized carbons (Fsp3) is 0.385. The van der Waals surface area contributed by atoms with Gasteiger partial charge in [0.1, 0.15) is 0 Å². The summed E-state index contributed by atoms with van der Waals surface area (Å²) in [7, 11) is 0. The summed E-state index contributed by atoms with van der Waals surface area (Å²) in [5.41, 5.74) is 0.502. The molecule has 92 valence electrons. The predicted octanol–water partition coefficient (Wildman–Crippen LogP) is 2.98. The summed E-state index contributed by atoms with van der Waals surface area (Å²) in [6, 6.07) is 8.69. The van der Waals surface area contributed by atoms with Crippen molar-refractivity contribution in [1.29, 1.82) is 0 Å². The van der Waals surface area contributed by atoms with Gasteiger partial charge in [-0.05, 0) is 6.42 Å². The second-order valence-electron chi connectivity index (χ2n) is 3.61. The van der Waals surface area contributed by atoms with Crippen LogP contribution in [0.4, 0.5) is 0 Å². The Hall–Kier alpha value is -1.16. The van der Waals surface area contributed by atoms with E-state index in [2.05, 4.69) is 15.9 Å². The van der Waals surface area contributed by atoms with Crippen LogP contribution in [0.3, 0.4) is 0 Å². The van der Waals surface area contributed by atoms with E-state index < -0.39 is 10.8 Å². The molecule has 3 nitrogen and oxygen atoms in total. The van der Waals surface area contributed by atoms with Crippen LogP contribution in [0, 0.1) is 0 Å². The lowest BCUT2D eigenvalue weighted by atomic mass is 10.1. The fourth-order valence-electron chi connectivity index (χ4n) is 1.25. The van der Waals surface area contributed by atoms with Gasteiger partial charge in [-0.2, -0.15) is 0 Å². The van der Waals surface area contributed by atoms with Gasteiger partial charge in [-0.15, -0.1) is 0 Å². The van der Waals surface area contributed by atoms with Crippen LogP contribution in [-0.4, -0.2) is 23.2 Å². The summed E-state index contributed by atoms with van der Waals surface area (Å²) in [4.78, 5) is 22.5. The smallest absolute Gasteiger partial charge is 0.327 e. The van der Waals surface area contributed by atoms with E-state index in [1.807, 2.05) is 13.0 Å². The van der Waals surface area contributed by atoms with Crippen LogP contribution in [0.1, 0.15) is 30.1 Å². The number of alkyl halides is 1. The van der Waals surface area contributed by atoms with E-state index in [-0.39, 0.29) is 5.78 Å². The minimum absolute atomic E-state index is 0.271. The third kappa shape index (κ3) is 4.30. The van der Waals surface area contributed by atoms with Crippen molar-refractivity contribution >= 4 is 27.7 Å². The molecule has 0 N–H and O–H groups in total. The van der Waals surface area contributed by atoms with Crippen LogP contribution in [0.25, 0.3) is 0 Å². The number of carbonyl (C=O) groups excluding carboxylic acids is 2. The molecule has 0 fully saturated rings. The number of ether oxygens (including phenoxy) is 1. The quantitative estimate of drug-likeness (QED) is 0.267. The van der Waals surface area contributed by atoms with Gasteiger partial charge < -0.3 is 4.74 Å². The standard InChI is InChI=1S/C13H15BrO3/c1-2-3-9-17-13(16)11(14)12(15)10-7-5-4-6-8-10/h4-8,11H,2-3,9H2,1H3. The molecule has 1 atom stereocenters. The highest BCUT2D eigenvalue weighted by atomic mass is 79.9. The zero-order valence-electron chi connectivity index (χ0n) is 9.69. The van der Waals surface area contributed by atoms with Crippen LogP contribution >= 0.6 is 15.9 Å². The van der Waals surface area contributed by atoms with E-state index in [4.69, 9.17) is 4.74 Å². The molecule has 4 heteroatoms. The predicted molar refractivity (Wildman–Crippen MR) is 69.4 cm³/mol. The third-order valence-electron chi connectivity index (χ3n) is 2.24. The Balaban J connectivity index is 2.55. The summed E-state index contributed by atoms with van der Waals surface area (Å²) < 4.78 is 4.98. The molecule has 0 heterocycles. The minimum Gasteiger partial charge on any atom is -0.465 e. The van der Waals surface area contributed by atoms with Crippen LogP contribution < -0.4 is 0 Å². The molecule has 0 bridgehead atoms. The Labute approximate surface area is 109 Å². The van der Waals surface area contributed by atoms with Gasteiger partial charge in [-0.1, -0.05) is 59.6 Å². The maximum atomic E-state index is 11.9. The lowest BCUT2D eigenvalue weighted by Crippen LogP contribution is -2.26. The van der Waals surface area contributed by atoms with Crippen LogP contribution in [0.5, 0.6) is 0 Å². The lowest BCUT2D eigenvalue weighted by molar-refractivity contribution is -0.141. The second kappa shape index (κ2) is 7.22. The highest BCUT2D eigenvalue weighted by Gasteiger charge is 2.25. The zero-order chi connectivity index (χ0) is 12.7. The minimum atomic E-state index is -0.915. The van der Waals surface area contributed by atoms with Crippen molar-refractivity contribution in [3.8, 4) is 0 Å². The van der Waals surface area contributed by atoms with Gasteiger partial charge in [-0.25, -0.2) is 0 Å². The first-order chi connectivity index (χ1) is 8.16. The molecule has 0 saturated carbocycles. The highest BCUT2D eigenvalue weighted by molar-refractivity contribution is 9.10. The summed E-state index contributed by atoms with van der Waals surface area (Å²) in [5, 5.41) is 0. The van der Waals surface area contributed by atoms with E-state index in [1.54, 1.807) is 24.3 Å². The third-order valence-corrected chi connectivity index (χ3v) is 3.03. The molecule has 0 saturated heterocycles. The molecular formula is C13H15BrO3. The first kappa shape index (κ1) is 13.9. The van der Waals surface area contributed by atoms with Crippen LogP contribution in [0.15, 0.2) is 30.3 Å². The number of halogens is 1. The van der Waals surface area contributed by atoms with E-state index in [1.165, 1.54) is 0 Å². The lowest BCUT2D eigenvalue weighted by Gasteiger charge is -2.09. The van der Waals surface area contributed by atoms with Gasteiger partial charge in [0.05, 0.1) is 6.61 Å². The Morgan fingerprint density at radius 1 is 1.29 bits per heavy atom. The van der Waals surface area contributed by atoms with Crippen molar-refractivity contribution in [1.82, 2.24) is 0 Å². The number of carbonyl (C=O) groups is 2. The molecule has 0 aliphatic heterocycles. The van der Waals surface area contributed by atoms with Crippen molar-refractivity contribution in [2.24, 2.45) is 0 Å². The molecule has 0 aliphatic rings. The average Bonchev–Trinajstić information content (AvgIpc) is 2.38. The molecule has 1 aromatic carbocycles. The Morgan fingerprint density at radius 3 is 2.53 bits per heavy atom. The molecule has 0 radical (unpaired) electrons. The van der Waals surface area contributed by atoms with Crippen molar-refractivity contribution in [3.05, 3.63) is 35.9 Å². The van der Waals surface area contributed by atoms with Gasteiger partial charge in [0, 0.05) is 5.56 Å². The first-order valence-corrected chi connectivity index (χ1v) is 6.48. The number of ketones is 1. The van der Waals surface area contributed by atoms with E-state index in [0.29, 0.717) is 12.2 Å². The molecule has 0 aromatic heterocycles. The van der Waals surface area contributed by atoms with Gasteiger partial charge in [0.2, 0.25) is 0 Å². The largest absolute Gasteiger partial charge is 0.465 e. The van der Waals surface area contributed by atoms with Gasteiger partial charge in [0.15, 0.2) is 10.6 Å². The van der Waals surface area contributed by atoms with Crippen LogP contribution in [-0.2, 0) is 9.53 Å². The van der Waals surface area contributed by atoms with E-state index >= 15 is 0 Å². The Kier molecular flexibility index (Phi) is 5.91. The summed E-state index contributed by atoms with van der Waals surface area (Å²) >= 11 is 3.07. The van der Waals surface area contributed by atoms with Crippen molar-refractivity contribution in [3.63, 3.8) is 0 Å². The number of hydrogen-bond donors (Lipinski definition) is 0. The summed E-state index contributed by atoms with van der Waals surface area (Å²) in [6.07, 6.45) is 1.76. The van der Waals surface area contributed by atoms with Gasteiger partial charge in [0.25, 0.3) is 0 Å². The number of hydrogen-bond acceptors (Lipinski definition) is 3. The summed E-state index contributed by atoms with van der Waals surface area (Å²) in [5.74, 6) is -0.792. The number of esters is 1. The van der Waals surface area contributed by atoms with Crippen molar-refractivity contribution < 1.29 is 14.3 Å². The SMILES string of the molecule is CCCCOC(=O)C(Br)C(=O)c1ccccc1. The first-order valence-electron chi connectivity index (χ1n) is 5.56. The molecule has 17 heavy (non-hydrogen) atoms. The molecular weight excluding hydrogens is 284 g/mol. The summed E-state index contributed by atoms with van der Waals surface area (Å²) in [6.45, 7) is 2.37. The molecule has 1 aromatic rings. The number of unbranched alkanes of at least 4 members (excludes halogenated alkanes) is 1. The zero-order valence-corrected chi connectivity index (χ0v) is 11.3. The molecule has 0 spiro atoms. The van der Waals surface area contributed by atoms with Crippen molar-refractivity contribution in [2.75, 3.05) is 6.61 Å². The molecule has 0 amide bonds. The number of rotatable bonds is 6. The topological polar surface area (TPSA) is 43.4 Å². The highest BCUT2D eigenvalue weighted by Crippen LogP contribution is 2.12. The Bertz CT molecular complexity index is 376. The van der Waals surface area contributed by atoms with E-state index in [0.717, 1.165) is 12.8 Å². The molecule has 1 rings (SSSR count). The molecule has 0 aliphatic carbocycles. The maximum absolute atomic E-state index is 11.9. The van der Waals surface area contributed by atoms with Gasteiger partial charge in [-0.3, -0.25) is 9.59 Å². The fourth-order valence-corrected chi connectivity index (χ4v) is 1.64. The normalized spacial score (nSPS) is 11.9. The second-order valence-corrected chi connectivity index (χ2v) is 4.53. The Morgan fingerprint density at radius 2 is 1.94 bits per heavy atom. The van der Waals surface area contributed by atoms with Gasteiger partial charge >= 0.3 is 5.97 Å². The average molecular weight is 299 g/mol. The van der Waals surface area contributed by atoms with Crippen LogP contribution in [0.2, 0.25) is 0 Å². The maximum Gasteiger partial charge on any atom is 0.327 e. The number of Topliss-reactive ketones (excluding diaryl/α,β-unsaturated/α-hetero) is 1. The van der Waals surface area contributed by atoms with E-state index in [9.17, 15) is 9.59 Å². The monoisotopic (exact) mass is 298 g/mol. The number of benzene rings is 1. The molecule has 1 unspecified atom stereocenters. The van der Waals surface area contributed by atoms with Crippen molar-refractivity contribution in [2.45, 2.75) is 24.6 Å².